The van der Waals surface area contributed by atoms with Crippen LogP contribution in [0.3, 0.4) is 0 Å². The van der Waals surface area contributed by atoms with Crippen LogP contribution in [-0.4, -0.2) is 123 Å². The second-order valence-electron chi connectivity index (χ2n) is 11.5. The zero-order valence-corrected chi connectivity index (χ0v) is 33.0. The molecule has 24 nitrogen and oxygen atoms in total. The van der Waals surface area contributed by atoms with E-state index in [-0.39, 0.29) is 35.1 Å². The van der Waals surface area contributed by atoms with Crippen molar-refractivity contribution in [1.29, 1.82) is 0 Å². The molecular weight excluding hydrogens is 835 g/mol. The zero-order chi connectivity index (χ0) is 39.8. The average Bonchev–Trinajstić information content (AvgIpc) is 3.60. The summed E-state index contributed by atoms with van der Waals surface area (Å²) in [5.74, 6) is -0.874. The van der Waals surface area contributed by atoms with Crippen molar-refractivity contribution in [3.05, 3.63) is 12.7 Å². The van der Waals surface area contributed by atoms with Crippen LogP contribution in [-0.2, 0) is 50.7 Å². The first kappa shape index (κ1) is 45.6. The molecule has 7 unspecified atom stereocenters. The van der Waals surface area contributed by atoms with E-state index in [0.29, 0.717) is 12.3 Å². The molecule has 0 bridgehead atoms. The van der Waals surface area contributed by atoms with Gasteiger partial charge < -0.3 is 50.9 Å². The highest BCUT2D eigenvalue weighted by molar-refractivity contribution is 9.12. The van der Waals surface area contributed by atoms with Crippen LogP contribution in [0.5, 0.6) is 0 Å². The molecule has 0 aliphatic carbocycles. The van der Waals surface area contributed by atoms with Gasteiger partial charge in [-0.2, -0.15) is 4.31 Å². The highest BCUT2D eigenvalue weighted by Gasteiger charge is 2.50. The van der Waals surface area contributed by atoms with Crippen molar-refractivity contribution < 1.29 is 80.5 Å². The van der Waals surface area contributed by atoms with Crippen molar-refractivity contribution in [1.82, 2.24) is 30.2 Å². The minimum absolute atomic E-state index is 0.0317. The number of carbonyl (C=O) groups is 3. The van der Waals surface area contributed by atoms with Crippen LogP contribution in [0.1, 0.15) is 33.4 Å². The summed E-state index contributed by atoms with van der Waals surface area (Å²) < 4.78 is 61.9. The molecule has 300 valence electrons. The number of fused-ring (bicyclic) bond motifs is 1. The number of phosphoric ester groups is 3. The Morgan fingerprint density at radius 1 is 1.08 bits per heavy atom. The van der Waals surface area contributed by atoms with Crippen LogP contribution in [0.15, 0.2) is 12.7 Å². The fourth-order valence-electron chi connectivity index (χ4n) is 4.28. The Morgan fingerprint density at radius 2 is 1.75 bits per heavy atom. The van der Waals surface area contributed by atoms with Crippen LogP contribution < -0.4 is 16.4 Å². The second-order valence-corrected chi connectivity index (χ2v) is 20.1. The van der Waals surface area contributed by atoms with Crippen molar-refractivity contribution in [2.24, 2.45) is 5.41 Å². The molecule has 1 aliphatic heterocycles. The monoisotopic (exact) mass is 873 g/mol. The standard InChI is InChI=1S/C23H38N7O17P3S3/c1-12(31)52-53-51-7-6-25-14(32)4-5-26-21(35)18(34)23(2,3)9-44-50(41,42)47-49(39,40)43-8-13-17(46-48(36,37)38)16(33)22(45-13)30-11-29-15-19(24)27-10-28-20(15)30/h10-11,13,16-18,22,33-34H,4-9H2,1-3H3,(H,25,32)(H,26,35)(H,39,40)(H,41,42)(H2,24,27,28)(H2,36,37,38). The van der Waals surface area contributed by atoms with Crippen molar-refractivity contribution >= 4 is 88.8 Å². The lowest BCUT2D eigenvalue weighted by atomic mass is 9.87. The number of aliphatic hydroxyl groups is 2. The van der Waals surface area contributed by atoms with Crippen LogP contribution in [0.25, 0.3) is 11.2 Å². The fourth-order valence-corrected chi connectivity index (χ4v) is 10.3. The van der Waals surface area contributed by atoms with Gasteiger partial charge in [0.15, 0.2) is 22.8 Å². The predicted molar refractivity (Wildman–Crippen MR) is 188 cm³/mol. The van der Waals surface area contributed by atoms with Crippen LogP contribution in [0.4, 0.5) is 5.82 Å². The van der Waals surface area contributed by atoms with Crippen molar-refractivity contribution in [2.75, 3.05) is 37.8 Å². The number of rotatable bonds is 21. The number of imidazole rings is 1. The van der Waals surface area contributed by atoms with E-state index in [9.17, 15) is 57.9 Å². The molecular formula is C23H38N7O17P3S3. The number of amides is 2. The van der Waals surface area contributed by atoms with Crippen molar-refractivity contribution in [3.63, 3.8) is 0 Å². The zero-order valence-electron chi connectivity index (χ0n) is 27.9. The van der Waals surface area contributed by atoms with E-state index in [1.165, 1.54) is 41.4 Å². The van der Waals surface area contributed by atoms with E-state index >= 15 is 0 Å². The Hall–Kier alpha value is -1.74. The Labute approximate surface area is 312 Å². The van der Waals surface area contributed by atoms with E-state index in [2.05, 4.69) is 34.4 Å². The molecule has 0 saturated carbocycles. The third-order valence-corrected chi connectivity index (χ3v) is 13.8. The summed E-state index contributed by atoms with van der Waals surface area (Å²) in [4.78, 5) is 86.2. The van der Waals surface area contributed by atoms with E-state index in [0.717, 1.165) is 28.0 Å². The molecule has 0 aromatic carbocycles. The first-order valence-electron chi connectivity index (χ1n) is 14.9. The molecule has 1 saturated heterocycles. The summed E-state index contributed by atoms with van der Waals surface area (Å²) in [6.07, 6.45) is -6.85. The van der Waals surface area contributed by atoms with Gasteiger partial charge in [0.1, 0.15) is 36.3 Å². The van der Waals surface area contributed by atoms with Gasteiger partial charge in [0.05, 0.1) is 19.5 Å². The minimum atomic E-state index is -5.56. The molecule has 7 atom stereocenters. The fraction of sp³-hybridized carbons (Fsp3) is 0.652. The van der Waals surface area contributed by atoms with Gasteiger partial charge in [-0.3, -0.25) is 32.5 Å². The number of aliphatic hydroxyl groups excluding tert-OH is 2. The van der Waals surface area contributed by atoms with Crippen LogP contribution in [0.2, 0.25) is 0 Å². The number of anilines is 1. The van der Waals surface area contributed by atoms with Gasteiger partial charge in [-0.25, -0.2) is 28.6 Å². The number of hydrogen-bond acceptors (Lipinski definition) is 20. The smallest absolute Gasteiger partial charge is 0.386 e. The van der Waals surface area contributed by atoms with Gasteiger partial charge in [0, 0.05) is 37.6 Å². The Balaban J connectivity index is 1.51. The molecule has 3 rings (SSSR count). The number of carbonyl (C=O) groups excluding carboxylic acids is 3. The van der Waals surface area contributed by atoms with E-state index in [1.54, 1.807) is 0 Å². The minimum Gasteiger partial charge on any atom is -0.386 e. The molecule has 2 aromatic rings. The van der Waals surface area contributed by atoms with E-state index in [1.807, 2.05) is 0 Å². The number of aromatic nitrogens is 4. The van der Waals surface area contributed by atoms with Gasteiger partial charge in [-0.1, -0.05) is 24.6 Å². The normalized spacial score (nSPS) is 22.2. The first-order valence-corrected chi connectivity index (χ1v) is 23.0. The van der Waals surface area contributed by atoms with Gasteiger partial charge in [-0.05, 0) is 20.6 Å². The number of nitrogens with zero attached hydrogens (tertiary/aromatic N) is 4. The lowest BCUT2D eigenvalue weighted by Gasteiger charge is -2.30. The molecule has 2 aromatic heterocycles. The Kier molecular flexibility index (Phi) is 16.7. The van der Waals surface area contributed by atoms with Gasteiger partial charge in [0.25, 0.3) is 0 Å². The maximum absolute atomic E-state index is 12.6. The van der Waals surface area contributed by atoms with Crippen molar-refractivity contribution in [3.8, 4) is 0 Å². The van der Waals surface area contributed by atoms with E-state index in [4.69, 9.17) is 19.5 Å². The molecule has 2 amide bonds. The summed E-state index contributed by atoms with van der Waals surface area (Å²) in [5.41, 5.74) is 4.27. The molecule has 10 N–H and O–H groups in total. The lowest BCUT2D eigenvalue weighted by Crippen LogP contribution is -2.46. The maximum atomic E-state index is 12.6. The average molecular weight is 874 g/mol. The van der Waals surface area contributed by atoms with Crippen molar-refractivity contribution in [2.45, 2.75) is 57.8 Å². The third-order valence-electron chi connectivity index (χ3n) is 6.78. The number of nitrogen functional groups attached to an aromatic ring is 1. The first-order chi connectivity index (χ1) is 24.5. The SMILES string of the molecule is CC(=O)SSSCCNC(=O)CCNC(=O)C(O)C(C)(C)COP(=O)(O)OP(=O)(O)OCC1OC(n2cnc3c(N)ncnc32)C(O)C1OP(=O)(O)O. The lowest BCUT2D eigenvalue weighted by molar-refractivity contribution is -0.137. The molecule has 30 heteroatoms. The summed E-state index contributed by atoms with van der Waals surface area (Å²) in [6.45, 7) is 2.07. The summed E-state index contributed by atoms with van der Waals surface area (Å²) >= 11 is 0. The summed E-state index contributed by atoms with van der Waals surface area (Å²) in [5, 5.41) is 26.3. The van der Waals surface area contributed by atoms with Gasteiger partial charge in [0.2, 0.25) is 11.8 Å². The molecule has 3 heterocycles. The molecule has 53 heavy (non-hydrogen) atoms. The predicted octanol–water partition coefficient (Wildman–Crippen LogP) is -0.0190. The molecule has 1 fully saturated rings. The van der Waals surface area contributed by atoms with Gasteiger partial charge >= 0.3 is 23.5 Å². The number of nitrogens with one attached hydrogen (secondary N) is 2. The van der Waals surface area contributed by atoms with Crippen LogP contribution >= 0.6 is 54.9 Å². The largest absolute Gasteiger partial charge is 0.481 e. The topological polar surface area (TPSA) is 364 Å². The number of hydrogen-bond donors (Lipinski definition) is 9. The molecule has 0 spiro atoms. The Bertz CT molecular complexity index is 1750. The highest BCUT2D eigenvalue weighted by Crippen LogP contribution is 2.61. The van der Waals surface area contributed by atoms with Crippen LogP contribution in [0, 0.1) is 5.41 Å². The summed E-state index contributed by atoms with van der Waals surface area (Å²) in [6, 6.07) is 0. The Morgan fingerprint density at radius 3 is 2.42 bits per heavy atom. The quantitative estimate of drug-likeness (QED) is 0.0452. The maximum Gasteiger partial charge on any atom is 0.481 e. The number of phosphoric acid groups is 3. The van der Waals surface area contributed by atoms with Gasteiger partial charge in [-0.15, -0.1) is 0 Å². The second kappa shape index (κ2) is 19.4. The number of nitrogens with two attached hydrogens (primary N) is 1. The summed E-state index contributed by atoms with van der Waals surface area (Å²) in [7, 11) is -12.6. The van der Waals surface area contributed by atoms with E-state index < -0.39 is 84.6 Å². The third kappa shape index (κ3) is 14.4. The highest BCUT2D eigenvalue weighted by atomic mass is 33.5. The molecule has 1 aliphatic rings. The number of ether oxygens (including phenoxy) is 1. The molecule has 0 radical (unpaired) electrons.